The number of Topliss-reactive ketones (excluding diaryl/α,β-unsaturated/α-hetero) is 1. The predicted molar refractivity (Wildman–Crippen MR) is 118 cm³/mol. The zero-order valence-corrected chi connectivity index (χ0v) is 18.2. The molecule has 1 aromatic carbocycles. The molecule has 2 heterocycles. The first kappa shape index (κ1) is 21.0. The van der Waals surface area contributed by atoms with Gasteiger partial charge >= 0.3 is 0 Å². The molecule has 0 fully saturated rings. The number of carbonyl (C=O) groups excluding carboxylic acids is 2. The van der Waals surface area contributed by atoms with Gasteiger partial charge in [-0.05, 0) is 61.1 Å². The van der Waals surface area contributed by atoms with Gasteiger partial charge in [0.1, 0.15) is 11.6 Å². The summed E-state index contributed by atoms with van der Waals surface area (Å²) in [6.45, 7) is 7.89. The molecule has 2 aromatic rings. The van der Waals surface area contributed by atoms with Gasteiger partial charge in [0.15, 0.2) is 5.78 Å². The summed E-state index contributed by atoms with van der Waals surface area (Å²) in [5.41, 5.74) is 4.09. The first-order valence-electron chi connectivity index (χ1n) is 10.4. The maximum atomic E-state index is 13.6. The number of aryl methyl sites for hydroxylation is 1. The highest BCUT2D eigenvalue weighted by atomic mass is 19.1. The number of dihydropyridines is 1. The number of amides is 1. The molecule has 0 spiro atoms. The molecule has 0 radical (unpaired) electrons. The molecule has 1 unspecified atom stereocenters. The van der Waals surface area contributed by atoms with Crippen molar-refractivity contribution in [3.05, 3.63) is 82.1 Å². The molecule has 31 heavy (non-hydrogen) atoms. The number of anilines is 1. The van der Waals surface area contributed by atoms with E-state index < -0.39 is 5.92 Å². The van der Waals surface area contributed by atoms with Gasteiger partial charge in [-0.15, -0.1) is 0 Å². The Morgan fingerprint density at radius 2 is 1.87 bits per heavy atom. The summed E-state index contributed by atoms with van der Waals surface area (Å²) in [7, 11) is 0. The van der Waals surface area contributed by atoms with Crippen molar-refractivity contribution in [3.63, 3.8) is 0 Å². The fourth-order valence-electron chi connectivity index (χ4n) is 4.51. The molecule has 2 N–H and O–H groups in total. The molecule has 1 atom stereocenters. The average molecular weight is 420 g/mol. The Kier molecular flexibility index (Phi) is 5.25. The van der Waals surface area contributed by atoms with Crippen LogP contribution in [0.4, 0.5) is 10.2 Å². The van der Waals surface area contributed by atoms with E-state index in [1.807, 2.05) is 19.9 Å². The average Bonchev–Trinajstić information content (AvgIpc) is 2.66. The van der Waals surface area contributed by atoms with Crippen LogP contribution in [0.3, 0.4) is 0 Å². The second-order valence-corrected chi connectivity index (χ2v) is 9.15. The number of benzene rings is 1. The Balaban J connectivity index is 1.80. The number of aromatic nitrogens is 1. The molecule has 1 aromatic heterocycles. The first-order valence-corrected chi connectivity index (χ1v) is 10.4. The lowest BCUT2D eigenvalue weighted by Gasteiger charge is -2.39. The van der Waals surface area contributed by atoms with E-state index in [0.717, 1.165) is 11.3 Å². The molecule has 4 rings (SSSR count). The van der Waals surface area contributed by atoms with Crippen LogP contribution >= 0.6 is 0 Å². The Bertz CT molecular complexity index is 1130. The molecule has 0 saturated heterocycles. The summed E-state index contributed by atoms with van der Waals surface area (Å²) < 4.78 is 13.6. The SMILES string of the molecule is CC1=C(C(=O)Nc2cc(C)ccn2)C(c2ccc(F)cc2)C2=C(CC(C)(C)CC2=O)N1. The second-order valence-electron chi connectivity index (χ2n) is 9.15. The van der Waals surface area contributed by atoms with Crippen molar-refractivity contribution in [2.45, 2.75) is 46.5 Å². The first-order chi connectivity index (χ1) is 14.6. The fraction of sp³-hybridized carbons (Fsp3) is 0.320. The molecule has 1 aliphatic carbocycles. The van der Waals surface area contributed by atoms with Crippen LogP contribution in [0.25, 0.3) is 0 Å². The molecule has 1 amide bonds. The maximum absolute atomic E-state index is 13.6. The van der Waals surface area contributed by atoms with Gasteiger partial charge in [0.05, 0.1) is 0 Å². The Labute approximate surface area is 181 Å². The van der Waals surface area contributed by atoms with Gasteiger partial charge in [-0.3, -0.25) is 9.59 Å². The number of rotatable bonds is 3. The van der Waals surface area contributed by atoms with Crippen LogP contribution in [-0.2, 0) is 9.59 Å². The summed E-state index contributed by atoms with van der Waals surface area (Å²) in [6.07, 6.45) is 2.74. The minimum absolute atomic E-state index is 0.0135. The van der Waals surface area contributed by atoms with Crippen LogP contribution in [-0.4, -0.2) is 16.7 Å². The third-order valence-electron chi connectivity index (χ3n) is 5.84. The van der Waals surface area contributed by atoms with Crippen LogP contribution in [0, 0.1) is 18.2 Å². The van der Waals surface area contributed by atoms with Crippen molar-refractivity contribution in [3.8, 4) is 0 Å². The molecule has 5 nitrogen and oxygen atoms in total. The third-order valence-corrected chi connectivity index (χ3v) is 5.84. The number of pyridine rings is 1. The summed E-state index contributed by atoms with van der Waals surface area (Å²) in [4.78, 5) is 30.8. The number of halogens is 1. The molecule has 0 saturated carbocycles. The lowest BCUT2D eigenvalue weighted by molar-refractivity contribution is -0.118. The third kappa shape index (κ3) is 4.15. The number of hydrogen-bond donors (Lipinski definition) is 2. The van der Waals surface area contributed by atoms with Gasteiger partial charge in [0, 0.05) is 41.1 Å². The van der Waals surface area contributed by atoms with E-state index in [-0.39, 0.29) is 22.9 Å². The largest absolute Gasteiger partial charge is 0.362 e. The molecule has 160 valence electrons. The van der Waals surface area contributed by atoms with E-state index in [2.05, 4.69) is 29.5 Å². The highest BCUT2D eigenvalue weighted by Gasteiger charge is 2.42. The normalized spacial score (nSPS) is 20.3. The Morgan fingerprint density at radius 3 is 2.55 bits per heavy atom. The van der Waals surface area contributed by atoms with Gasteiger partial charge in [-0.25, -0.2) is 9.37 Å². The highest BCUT2D eigenvalue weighted by Crippen LogP contribution is 2.46. The van der Waals surface area contributed by atoms with E-state index in [9.17, 15) is 14.0 Å². The summed E-state index contributed by atoms with van der Waals surface area (Å²) in [6, 6.07) is 9.66. The molecular weight excluding hydrogens is 393 g/mol. The molecule has 6 heteroatoms. The zero-order chi connectivity index (χ0) is 22.3. The van der Waals surface area contributed by atoms with E-state index in [1.165, 1.54) is 12.1 Å². The number of nitrogens with zero attached hydrogens (tertiary/aromatic N) is 1. The van der Waals surface area contributed by atoms with Crippen molar-refractivity contribution in [2.75, 3.05) is 5.32 Å². The minimum atomic E-state index is -0.565. The van der Waals surface area contributed by atoms with Gasteiger partial charge in [0.2, 0.25) is 0 Å². The quantitative estimate of drug-likeness (QED) is 0.752. The summed E-state index contributed by atoms with van der Waals surface area (Å²) in [5.74, 6) is -0.802. The van der Waals surface area contributed by atoms with Crippen LogP contribution in [0.15, 0.2) is 65.1 Å². The van der Waals surface area contributed by atoms with E-state index in [4.69, 9.17) is 0 Å². The van der Waals surface area contributed by atoms with Crippen LogP contribution in [0.1, 0.15) is 50.7 Å². The van der Waals surface area contributed by atoms with Crippen molar-refractivity contribution >= 4 is 17.5 Å². The maximum Gasteiger partial charge on any atom is 0.255 e. The second kappa shape index (κ2) is 7.76. The standard InChI is InChI=1S/C25H26FN3O2/c1-14-9-10-27-20(11-14)29-24(31)21-15(2)28-18-12-25(3,4)13-19(30)23(18)22(21)16-5-7-17(26)8-6-16/h5-11,22,28H,12-13H2,1-4H3,(H,27,29,31). The number of carbonyl (C=O) groups is 2. The topological polar surface area (TPSA) is 71.1 Å². The Morgan fingerprint density at radius 1 is 1.16 bits per heavy atom. The van der Waals surface area contributed by atoms with Gasteiger partial charge in [0.25, 0.3) is 5.91 Å². The molecule has 2 aliphatic rings. The number of allylic oxidation sites excluding steroid dienone is 3. The van der Waals surface area contributed by atoms with Crippen LogP contribution in [0.2, 0.25) is 0 Å². The van der Waals surface area contributed by atoms with Crippen molar-refractivity contribution < 1.29 is 14.0 Å². The lowest BCUT2D eigenvalue weighted by atomic mass is 9.68. The van der Waals surface area contributed by atoms with E-state index >= 15 is 0 Å². The Hall–Kier alpha value is -3.28. The summed E-state index contributed by atoms with van der Waals surface area (Å²) in [5, 5.41) is 6.19. The molecule has 1 aliphatic heterocycles. The summed E-state index contributed by atoms with van der Waals surface area (Å²) >= 11 is 0. The highest BCUT2D eigenvalue weighted by molar-refractivity contribution is 6.09. The number of hydrogen-bond acceptors (Lipinski definition) is 4. The monoisotopic (exact) mass is 419 g/mol. The van der Waals surface area contributed by atoms with Crippen molar-refractivity contribution in [1.82, 2.24) is 10.3 Å². The van der Waals surface area contributed by atoms with E-state index in [0.29, 0.717) is 41.1 Å². The van der Waals surface area contributed by atoms with Crippen molar-refractivity contribution in [2.24, 2.45) is 5.41 Å². The van der Waals surface area contributed by atoms with Crippen molar-refractivity contribution in [1.29, 1.82) is 0 Å². The number of ketones is 1. The van der Waals surface area contributed by atoms with Crippen LogP contribution in [0.5, 0.6) is 0 Å². The van der Waals surface area contributed by atoms with Gasteiger partial charge in [-0.1, -0.05) is 26.0 Å². The predicted octanol–water partition coefficient (Wildman–Crippen LogP) is 4.77. The minimum Gasteiger partial charge on any atom is -0.362 e. The number of nitrogens with one attached hydrogen (secondary N) is 2. The smallest absolute Gasteiger partial charge is 0.255 e. The van der Waals surface area contributed by atoms with Gasteiger partial charge in [-0.2, -0.15) is 0 Å². The lowest BCUT2D eigenvalue weighted by Crippen LogP contribution is -2.39. The zero-order valence-electron chi connectivity index (χ0n) is 18.2. The molecular formula is C25H26FN3O2. The van der Waals surface area contributed by atoms with E-state index in [1.54, 1.807) is 24.4 Å². The fourth-order valence-corrected chi connectivity index (χ4v) is 4.51. The van der Waals surface area contributed by atoms with Crippen LogP contribution < -0.4 is 10.6 Å². The van der Waals surface area contributed by atoms with Gasteiger partial charge < -0.3 is 10.6 Å². The molecule has 0 bridgehead atoms.